The molecule has 0 fully saturated rings. The number of aliphatic hydroxyl groups is 1. The summed E-state index contributed by atoms with van der Waals surface area (Å²) in [5.41, 5.74) is 0.614. The van der Waals surface area contributed by atoms with Crippen molar-refractivity contribution in [2.24, 2.45) is 5.92 Å². The van der Waals surface area contributed by atoms with Crippen molar-refractivity contribution in [1.82, 2.24) is 4.90 Å². The van der Waals surface area contributed by atoms with E-state index in [-0.39, 0.29) is 18.1 Å². The summed E-state index contributed by atoms with van der Waals surface area (Å²) in [4.78, 5) is 14.6. The van der Waals surface area contributed by atoms with Crippen LogP contribution in [0.25, 0.3) is 0 Å². The van der Waals surface area contributed by atoms with Crippen LogP contribution in [-0.4, -0.2) is 40.8 Å². The third-order valence-corrected chi connectivity index (χ3v) is 4.25. The highest BCUT2D eigenvalue weighted by Crippen LogP contribution is 2.26. The van der Waals surface area contributed by atoms with Gasteiger partial charge in [-0.2, -0.15) is 0 Å². The maximum Gasteiger partial charge on any atom is 0.313 e. The number of carbonyl (C=O) groups is 1. The van der Waals surface area contributed by atoms with Crippen LogP contribution in [0.2, 0.25) is 0 Å². The van der Waals surface area contributed by atoms with Crippen LogP contribution in [0, 0.1) is 5.92 Å². The summed E-state index contributed by atoms with van der Waals surface area (Å²) < 4.78 is 5.49. The largest absolute Gasteiger partial charge is 0.460 e. The zero-order chi connectivity index (χ0) is 17.8. The van der Waals surface area contributed by atoms with E-state index < -0.39 is 17.6 Å². The van der Waals surface area contributed by atoms with Crippen molar-refractivity contribution in [3.8, 4) is 0 Å². The normalized spacial score (nSPS) is 17.4. The van der Waals surface area contributed by atoms with Gasteiger partial charge in [-0.3, -0.25) is 9.69 Å². The molecule has 0 bridgehead atoms. The SMILES string of the molecule is C[C@H](O)[C@H](C(=O)OC(C)(C)C)[C@@H](C)N(C)[C@H](C)c1ccccc1. The Kier molecular flexibility index (Phi) is 6.78. The maximum atomic E-state index is 12.5. The molecule has 0 radical (unpaired) electrons. The van der Waals surface area contributed by atoms with E-state index >= 15 is 0 Å². The first-order chi connectivity index (χ1) is 10.5. The van der Waals surface area contributed by atoms with Gasteiger partial charge in [0.1, 0.15) is 5.60 Å². The average molecular weight is 321 g/mol. The van der Waals surface area contributed by atoms with Crippen molar-refractivity contribution >= 4 is 5.97 Å². The lowest BCUT2D eigenvalue weighted by Crippen LogP contribution is -2.47. The highest BCUT2D eigenvalue weighted by molar-refractivity contribution is 5.74. The Morgan fingerprint density at radius 1 is 1.13 bits per heavy atom. The molecule has 0 spiro atoms. The number of carbonyl (C=O) groups excluding carboxylic acids is 1. The Labute approximate surface area is 140 Å². The first kappa shape index (κ1) is 19.7. The van der Waals surface area contributed by atoms with E-state index in [1.807, 2.05) is 52.9 Å². The number of hydrogen-bond donors (Lipinski definition) is 1. The summed E-state index contributed by atoms with van der Waals surface area (Å²) in [7, 11) is 1.97. The van der Waals surface area contributed by atoms with E-state index in [1.54, 1.807) is 6.92 Å². The highest BCUT2D eigenvalue weighted by Gasteiger charge is 2.36. The first-order valence-electron chi connectivity index (χ1n) is 8.22. The predicted octanol–water partition coefficient (Wildman–Crippen LogP) is 3.41. The monoisotopic (exact) mass is 321 g/mol. The van der Waals surface area contributed by atoms with E-state index in [2.05, 4.69) is 24.0 Å². The fourth-order valence-electron chi connectivity index (χ4n) is 2.74. The molecule has 0 saturated carbocycles. The predicted molar refractivity (Wildman–Crippen MR) is 93.1 cm³/mol. The van der Waals surface area contributed by atoms with Crippen molar-refractivity contribution in [3.05, 3.63) is 35.9 Å². The molecule has 4 atom stereocenters. The molecule has 0 amide bonds. The van der Waals surface area contributed by atoms with Crippen molar-refractivity contribution in [2.45, 2.75) is 65.3 Å². The third-order valence-electron chi connectivity index (χ3n) is 4.25. The molecule has 0 aromatic heterocycles. The average Bonchev–Trinajstić information content (AvgIpc) is 2.44. The number of benzene rings is 1. The zero-order valence-electron chi connectivity index (χ0n) is 15.4. The number of nitrogens with zero attached hydrogens (tertiary/aromatic N) is 1. The van der Waals surface area contributed by atoms with Crippen LogP contribution in [-0.2, 0) is 9.53 Å². The second-order valence-corrected chi connectivity index (χ2v) is 7.29. The molecular formula is C19H31NO3. The molecule has 0 heterocycles. The van der Waals surface area contributed by atoms with Gasteiger partial charge >= 0.3 is 5.97 Å². The Morgan fingerprint density at radius 2 is 1.65 bits per heavy atom. The Balaban J connectivity index is 2.92. The van der Waals surface area contributed by atoms with Gasteiger partial charge in [0.05, 0.1) is 12.0 Å². The summed E-state index contributed by atoms with van der Waals surface area (Å²) in [6.45, 7) is 11.2. The molecule has 1 aromatic rings. The molecule has 130 valence electrons. The van der Waals surface area contributed by atoms with Gasteiger partial charge < -0.3 is 9.84 Å². The lowest BCUT2D eigenvalue weighted by atomic mass is 9.92. The number of rotatable bonds is 6. The molecule has 0 aliphatic carbocycles. The summed E-state index contributed by atoms with van der Waals surface area (Å²) >= 11 is 0. The second-order valence-electron chi connectivity index (χ2n) is 7.29. The summed E-state index contributed by atoms with van der Waals surface area (Å²) in [6, 6.07) is 10.1. The molecule has 23 heavy (non-hydrogen) atoms. The molecule has 4 nitrogen and oxygen atoms in total. The number of esters is 1. The van der Waals surface area contributed by atoms with E-state index in [9.17, 15) is 9.90 Å². The topological polar surface area (TPSA) is 49.8 Å². The third kappa shape index (κ3) is 5.63. The summed E-state index contributed by atoms with van der Waals surface area (Å²) in [5.74, 6) is -0.947. The van der Waals surface area contributed by atoms with Crippen LogP contribution < -0.4 is 0 Å². The molecule has 0 aliphatic rings. The number of aliphatic hydroxyl groups excluding tert-OH is 1. The van der Waals surface area contributed by atoms with Gasteiger partial charge in [-0.25, -0.2) is 0 Å². The lowest BCUT2D eigenvalue weighted by Gasteiger charge is -2.37. The van der Waals surface area contributed by atoms with Crippen molar-refractivity contribution in [2.75, 3.05) is 7.05 Å². The Hall–Kier alpha value is -1.39. The number of hydrogen-bond acceptors (Lipinski definition) is 4. The minimum absolute atomic E-state index is 0.134. The van der Waals surface area contributed by atoms with Crippen molar-refractivity contribution < 1.29 is 14.6 Å². The van der Waals surface area contributed by atoms with Gasteiger partial charge in [0.15, 0.2) is 0 Å². The van der Waals surface area contributed by atoms with Crippen LogP contribution in [0.3, 0.4) is 0 Å². The standard InChI is InChI=1S/C19H31NO3/c1-13(16-11-9-8-10-12-16)20(7)14(2)17(15(3)21)18(22)23-19(4,5)6/h8-15,17,21H,1-7H3/t13-,14-,15+,17-/m1/s1. The molecule has 0 saturated heterocycles. The summed E-state index contributed by atoms with van der Waals surface area (Å²) in [6.07, 6.45) is -0.773. The minimum Gasteiger partial charge on any atom is -0.460 e. The van der Waals surface area contributed by atoms with Crippen LogP contribution >= 0.6 is 0 Å². The fraction of sp³-hybridized carbons (Fsp3) is 0.632. The zero-order valence-corrected chi connectivity index (χ0v) is 15.4. The van der Waals surface area contributed by atoms with Gasteiger partial charge in [0.25, 0.3) is 0 Å². The molecule has 1 aromatic carbocycles. The maximum absolute atomic E-state index is 12.5. The van der Waals surface area contributed by atoms with Crippen molar-refractivity contribution in [3.63, 3.8) is 0 Å². The van der Waals surface area contributed by atoms with Gasteiger partial charge in [0, 0.05) is 12.1 Å². The van der Waals surface area contributed by atoms with Crippen molar-refractivity contribution in [1.29, 1.82) is 0 Å². The van der Waals surface area contributed by atoms with Crippen LogP contribution in [0.5, 0.6) is 0 Å². The van der Waals surface area contributed by atoms with Crippen LogP contribution in [0.15, 0.2) is 30.3 Å². The van der Waals surface area contributed by atoms with Gasteiger partial charge in [-0.05, 0) is 54.2 Å². The Bertz CT molecular complexity index is 493. The first-order valence-corrected chi connectivity index (χ1v) is 8.22. The fourth-order valence-corrected chi connectivity index (χ4v) is 2.74. The van der Waals surface area contributed by atoms with E-state index in [0.717, 1.165) is 0 Å². The van der Waals surface area contributed by atoms with Crippen LogP contribution in [0.4, 0.5) is 0 Å². The molecule has 0 aliphatic heterocycles. The Morgan fingerprint density at radius 3 is 2.09 bits per heavy atom. The van der Waals surface area contributed by atoms with E-state index in [0.29, 0.717) is 0 Å². The number of ether oxygens (including phenoxy) is 1. The quantitative estimate of drug-likeness (QED) is 0.816. The minimum atomic E-state index is -0.773. The molecule has 1 N–H and O–H groups in total. The summed E-state index contributed by atoms with van der Waals surface area (Å²) in [5, 5.41) is 10.1. The lowest BCUT2D eigenvalue weighted by molar-refractivity contribution is -0.167. The highest BCUT2D eigenvalue weighted by atomic mass is 16.6. The van der Waals surface area contributed by atoms with Crippen LogP contribution in [0.1, 0.15) is 53.1 Å². The molecule has 4 heteroatoms. The molecule has 0 unspecified atom stereocenters. The second kappa shape index (κ2) is 7.93. The smallest absolute Gasteiger partial charge is 0.313 e. The molecule has 1 rings (SSSR count). The van der Waals surface area contributed by atoms with Gasteiger partial charge in [-0.1, -0.05) is 30.3 Å². The van der Waals surface area contributed by atoms with E-state index in [4.69, 9.17) is 4.74 Å². The van der Waals surface area contributed by atoms with E-state index in [1.165, 1.54) is 5.56 Å². The van der Waals surface area contributed by atoms with Gasteiger partial charge in [-0.15, -0.1) is 0 Å². The molecular weight excluding hydrogens is 290 g/mol. The van der Waals surface area contributed by atoms with Gasteiger partial charge in [0.2, 0.25) is 0 Å².